The number of nitrogens with zero attached hydrogens (tertiary/aromatic N) is 2. The van der Waals surface area contributed by atoms with E-state index in [1.165, 1.54) is 12.4 Å². The Morgan fingerprint density at radius 1 is 1.08 bits per heavy atom. The second-order valence-corrected chi connectivity index (χ2v) is 6.63. The first-order valence-electron chi connectivity index (χ1n) is 7.66. The Hall–Kier alpha value is -2.73. The van der Waals surface area contributed by atoms with Gasteiger partial charge in [0.05, 0.1) is 10.9 Å². The van der Waals surface area contributed by atoms with E-state index in [-0.39, 0.29) is 6.61 Å². The van der Waals surface area contributed by atoms with Crippen LogP contribution in [0.5, 0.6) is 5.88 Å². The van der Waals surface area contributed by atoms with E-state index in [0.717, 1.165) is 31.9 Å². The van der Waals surface area contributed by atoms with Crippen LogP contribution in [0, 0.1) is 6.92 Å². The number of hydrogen-bond acceptors (Lipinski definition) is 5. The molecule has 0 aliphatic heterocycles. The van der Waals surface area contributed by atoms with Crippen molar-refractivity contribution in [2.45, 2.75) is 13.5 Å². The molecule has 0 aliphatic rings. The van der Waals surface area contributed by atoms with Gasteiger partial charge in [-0.15, -0.1) is 0 Å². The zero-order valence-corrected chi connectivity index (χ0v) is 14.9. The lowest BCUT2D eigenvalue weighted by molar-refractivity contribution is 0.298. The Morgan fingerprint density at radius 2 is 1.96 bits per heavy atom. The third-order valence-electron chi connectivity index (χ3n) is 3.91. The van der Waals surface area contributed by atoms with Gasteiger partial charge in [-0.3, -0.25) is 0 Å². The molecule has 4 aromatic rings. The van der Waals surface area contributed by atoms with E-state index in [4.69, 9.17) is 9.15 Å². The van der Waals surface area contributed by atoms with Gasteiger partial charge in [-0.25, -0.2) is 14.8 Å². The molecule has 0 spiro atoms. The van der Waals surface area contributed by atoms with Crippen molar-refractivity contribution >= 4 is 37.8 Å². The normalized spacial score (nSPS) is 11.1. The van der Waals surface area contributed by atoms with E-state index < -0.39 is 5.63 Å². The lowest BCUT2D eigenvalue weighted by atomic mass is 10.1. The van der Waals surface area contributed by atoms with E-state index in [1.54, 1.807) is 0 Å². The molecule has 4 rings (SSSR count). The van der Waals surface area contributed by atoms with Gasteiger partial charge in [0.15, 0.2) is 0 Å². The highest BCUT2D eigenvalue weighted by molar-refractivity contribution is 9.10. The summed E-state index contributed by atoms with van der Waals surface area (Å²) in [6, 6.07) is 12.9. The van der Waals surface area contributed by atoms with Gasteiger partial charge in [0.25, 0.3) is 0 Å². The molecule has 0 amide bonds. The van der Waals surface area contributed by atoms with Gasteiger partial charge in [-0.1, -0.05) is 28.1 Å². The fourth-order valence-corrected chi connectivity index (χ4v) is 3.08. The number of aromatic nitrogens is 2. The largest absolute Gasteiger partial charge is 0.472 e. The maximum atomic E-state index is 11.8. The standard InChI is InChI=1S/C19H13BrN2O3/c1-11-2-4-14-12(7-18(23)25-17(14)6-11)9-24-19-15-8-13(20)3-5-16(15)21-10-22-19/h2-8,10H,9H2,1H3. The van der Waals surface area contributed by atoms with Crippen molar-refractivity contribution in [3.8, 4) is 5.88 Å². The zero-order chi connectivity index (χ0) is 17.4. The van der Waals surface area contributed by atoms with Gasteiger partial charge in [0.1, 0.15) is 18.5 Å². The van der Waals surface area contributed by atoms with Gasteiger partial charge in [-0.2, -0.15) is 0 Å². The van der Waals surface area contributed by atoms with E-state index in [1.807, 2.05) is 43.3 Å². The van der Waals surface area contributed by atoms with Crippen molar-refractivity contribution in [3.63, 3.8) is 0 Å². The third kappa shape index (κ3) is 3.13. The molecular weight excluding hydrogens is 384 g/mol. The molecule has 2 aromatic heterocycles. The Labute approximate surface area is 151 Å². The fraction of sp³-hybridized carbons (Fsp3) is 0.105. The van der Waals surface area contributed by atoms with Gasteiger partial charge in [0.2, 0.25) is 5.88 Å². The van der Waals surface area contributed by atoms with Crippen LogP contribution >= 0.6 is 15.9 Å². The monoisotopic (exact) mass is 396 g/mol. The molecule has 124 valence electrons. The summed E-state index contributed by atoms with van der Waals surface area (Å²) in [5.74, 6) is 0.472. The first-order chi connectivity index (χ1) is 12.1. The molecule has 0 radical (unpaired) electrons. The molecule has 2 heterocycles. The van der Waals surface area contributed by atoms with Crippen LogP contribution < -0.4 is 10.4 Å². The molecule has 2 aromatic carbocycles. The van der Waals surface area contributed by atoms with Crippen molar-refractivity contribution in [1.29, 1.82) is 0 Å². The Kier molecular flexibility index (Phi) is 3.97. The number of fused-ring (bicyclic) bond motifs is 2. The predicted molar refractivity (Wildman–Crippen MR) is 98.8 cm³/mol. The summed E-state index contributed by atoms with van der Waals surface area (Å²) in [5.41, 5.74) is 2.74. The first kappa shape index (κ1) is 15.8. The number of ether oxygens (including phenoxy) is 1. The molecule has 25 heavy (non-hydrogen) atoms. The summed E-state index contributed by atoms with van der Waals surface area (Å²) in [7, 11) is 0. The smallest absolute Gasteiger partial charge is 0.336 e. The topological polar surface area (TPSA) is 65.2 Å². The zero-order valence-electron chi connectivity index (χ0n) is 13.3. The van der Waals surface area contributed by atoms with Crippen LogP contribution in [-0.2, 0) is 6.61 Å². The van der Waals surface area contributed by atoms with Crippen LogP contribution in [0.4, 0.5) is 0 Å². The second kappa shape index (κ2) is 6.29. The summed E-state index contributed by atoms with van der Waals surface area (Å²) >= 11 is 3.45. The van der Waals surface area contributed by atoms with Crippen molar-refractivity contribution in [2.75, 3.05) is 0 Å². The quantitative estimate of drug-likeness (QED) is 0.480. The summed E-state index contributed by atoms with van der Waals surface area (Å²) in [6.07, 6.45) is 1.46. The molecular formula is C19H13BrN2O3. The minimum Gasteiger partial charge on any atom is -0.472 e. The average molecular weight is 397 g/mol. The molecule has 0 bridgehead atoms. The number of benzene rings is 2. The minimum absolute atomic E-state index is 0.212. The van der Waals surface area contributed by atoms with Gasteiger partial charge in [0, 0.05) is 21.5 Å². The maximum absolute atomic E-state index is 11.8. The SMILES string of the molecule is Cc1ccc2c(COc3ncnc4ccc(Br)cc34)cc(=O)oc2c1. The van der Waals surface area contributed by atoms with E-state index in [2.05, 4.69) is 25.9 Å². The molecule has 0 fully saturated rings. The van der Waals surface area contributed by atoms with Gasteiger partial charge < -0.3 is 9.15 Å². The maximum Gasteiger partial charge on any atom is 0.336 e. The highest BCUT2D eigenvalue weighted by Crippen LogP contribution is 2.26. The number of hydrogen-bond donors (Lipinski definition) is 0. The van der Waals surface area contributed by atoms with E-state index >= 15 is 0 Å². The van der Waals surface area contributed by atoms with Crippen LogP contribution in [0.15, 0.2) is 62.5 Å². The molecule has 0 aliphatic carbocycles. The predicted octanol–water partition coefficient (Wildman–Crippen LogP) is 4.39. The highest BCUT2D eigenvalue weighted by Gasteiger charge is 2.10. The molecule has 0 saturated heterocycles. The van der Waals surface area contributed by atoms with Crippen molar-refractivity contribution in [3.05, 3.63) is 74.8 Å². The molecule has 5 nitrogen and oxygen atoms in total. The Morgan fingerprint density at radius 3 is 2.84 bits per heavy atom. The van der Waals surface area contributed by atoms with Crippen molar-refractivity contribution < 1.29 is 9.15 Å². The van der Waals surface area contributed by atoms with Crippen molar-refractivity contribution in [2.24, 2.45) is 0 Å². The van der Waals surface area contributed by atoms with E-state index in [0.29, 0.717) is 11.5 Å². The molecule has 0 saturated carbocycles. The molecule has 0 atom stereocenters. The van der Waals surface area contributed by atoms with Crippen LogP contribution in [0.25, 0.3) is 21.9 Å². The molecule has 0 N–H and O–H groups in total. The lowest BCUT2D eigenvalue weighted by Crippen LogP contribution is -2.05. The summed E-state index contributed by atoms with van der Waals surface area (Å²) in [6.45, 7) is 2.16. The molecule has 0 unspecified atom stereocenters. The van der Waals surface area contributed by atoms with Crippen LogP contribution in [0.2, 0.25) is 0 Å². The Balaban J connectivity index is 1.74. The second-order valence-electron chi connectivity index (χ2n) is 5.72. The molecule has 6 heteroatoms. The summed E-state index contributed by atoms with van der Waals surface area (Å²) in [5, 5.41) is 1.66. The first-order valence-corrected chi connectivity index (χ1v) is 8.46. The summed E-state index contributed by atoms with van der Waals surface area (Å²) < 4.78 is 12.1. The number of halogens is 1. The van der Waals surface area contributed by atoms with Crippen LogP contribution in [0.1, 0.15) is 11.1 Å². The van der Waals surface area contributed by atoms with Gasteiger partial charge in [-0.05, 0) is 36.8 Å². The number of rotatable bonds is 3. The highest BCUT2D eigenvalue weighted by atomic mass is 79.9. The minimum atomic E-state index is -0.396. The van der Waals surface area contributed by atoms with Crippen LogP contribution in [-0.4, -0.2) is 9.97 Å². The number of aryl methyl sites for hydroxylation is 1. The summed E-state index contributed by atoms with van der Waals surface area (Å²) in [4.78, 5) is 20.3. The van der Waals surface area contributed by atoms with Gasteiger partial charge >= 0.3 is 5.63 Å². The lowest BCUT2D eigenvalue weighted by Gasteiger charge is -2.10. The third-order valence-corrected chi connectivity index (χ3v) is 4.40. The average Bonchev–Trinajstić information content (AvgIpc) is 2.59. The van der Waals surface area contributed by atoms with Crippen molar-refractivity contribution in [1.82, 2.24) is 9.97 Å². The Bertz CT molecular complexity index is 1150. The fourth-order valence-electron chi connectivity index (χ4n) is 2.72. The van der Waals surface area contributed by atoms with E-state index in [9.17, 15) is 4.79 Å². The van der Waals surface area contributed by atoms with Crippen LogP contribution in [0.3, 0.4) is 0 Å².